The molecule has 3 N–H and O–H groups in total. The standard InChI is InChI=1S/C15H22N2O/c1-11-7-5-6-10-13(11)17-15(18)14(16)12-8-3-2-4-9-12/h5-7,10,12,14H,2-4,8-9,16H2,1H3,(H,17,18)/t14-/m1/s1. The molecule has 1 saturated carbocycles. The molecule has 0 bridgehead atoms. The van der Waals surface area contributed by atoms with Gasteiger partial charge in [-0.15, -0.1) is 0 Å². The van der Waals surface area contributed by atoms with E-state index in [4.69, 9.17) is 5.73 Å². The number of para-hydroxylation sites is 1. The van der Waals surface area contributed by atoms with Crippen LogP contribution >= 0.6 is 0 Å². The third-order valence-corrected chi connectivity index (χ3v) is 3.86. The fourth-order valence-corrected chi connectivity index (χ4v) is 2.64. The van der Waals surface area contributed by atoms with Crippen LogP contribution in [0.2, 0.25) is 0 Å². The van der Waals surface area contributed by atoms with Gasteiger partial charge in [-0.2, -0.15) is 0 Å². The number of nitrogens with one attached hydrogen (secondary N) is 1. The number of benzene rings is 1. The lowest BCUT2D eigenvalue weighted by atomic mass is 9.84. The van der Waals surface area contributed by atoms with E-state index < -0.39 is 0 Å². The highest BCUT2D eigenvalue weighted by Gasteiger charge is 2.26. The van der Waals surface area contributed by atoms with Crippen molar-refractivity contribution in [2.45, 2.75) is 45.1 Å². The van der Waals surface area contributed by atoms with Crippen LogP contribution in [0.3, 0.4) is 0 Å². The van der Waals surface area contributed by atoms with E-state index in [0.717, 1.165) is 24.1 Å². The Labute approximate surface area is 109 Å². The number of anilines is 1. The maximum atomic E-state index is 12.1. The van der Waals surface area contributed by atoms with Crippen molar-refractivity contribution in [2.75, 3.05) is 5.32 Å². The Morgan fingerprint density at radius 1 is 1.28 bits per heavy atom. The van der Waals surface area contributed by atoms with Gasteiger partial charge in [-0.25, -0.2) is 0 Å². The summed E-state index contributed by atoms with van der Waals surface area (Å²) in [6.07, 6.45) is 5.86. The Morgan fingerprint density at radius 2 is 1.94 bits per heavy atom. The molecule has 0 aliphatic heterocycles. The van der Waals surface area contributed by atoms with Gasteiger partial charge in [-0.3, -0.25) is 4.79 Å². The van der Waals surface area contributed by atoms with Crippen LogP contribution in [0, 0.1) is 12.8 Å². The van der Waals surface area contributed by atoms with E-state index in [0.29, 0.717) is 5.92 Å². The van der Waals surface area contributed by atoms with Gasteiger partial charge in [0.1, 0.15) is 0 Å². The van der Waals surface area contributed by atoms with Gasteiger partial charge in [0, 0.05) is 5.69 Å². The van der Waals surface area contributed by atoms with Crippen LogP contribution in [0.4, 0.5) is 5.69 Å². The summed E-state index contributed by atoms with van der Waals surface area (Å²) in [5.41, 5.74) is 8.02. The van der Waals surface area contributed by atoms with E-state index in [1.807, 2.05) is 31.2 Å². The third-order valence-electron chi connectivity index (χ3n) is 3.86. The van der Waals surface area contributed by atoms with Gasteiger partial charge >= 0.3 is 0 Å². The Bertz CT molecular complexity index is 411. The van der Waals surface area contributed by atoms with Gasteiger partial charge in [0.15, 0.2) is 0 Å². The number of hydrogen-bond donors (Lipinski definition) is 2. The molecule has 0 saturated heterocycles. The molecule has 1 atom stereocenters. The van der Waals surface area contributed by atoms with Gasteiger partial charge in [0.25, 0.3) is 0 Å². The van der Waals surface area contributed by atoms with Gasteiger partial charge < -0.3 is 11.1 Å². The predicted octanol–water partition coefficient (Wildman–Crippen LogP) is 2.84. The largest absolute Gasteiger partial charge is 0.324 e. The fraction of sp³-hybridized carbons (Fsp3) is 0.533. The molecule has 18 heavy (non-hydrogen) atoms. The molecule has 0 unspecified atom stereocenters. The lowest BCUT2D eigenvalue weighted by Gasteiger charge is -2.26. The molecule has 2 rings (SSSR count). The van der Waals surface area contributed by atoms with Crippen LogP contribution in [0.25, 0.3) is 0 Å². The van der Waals surface area contributed by atoms with Crippen LogP contribution in [-0.2, 0) is 4.79 Å². The van der Waals surface area contributed by atoms with Crippen molar-refractivity contribution >= 4 is 11.6 Å². The average Bonchev–Trinajstić information content (AvgIpc) is 2.41. The van der Waals surface area contributed by atoms with Gasteiger partial charge in [-0.05, 0) is 37.3 Å². The van der Waals surface area contributed by atoms with E-state index in [2.05, 4.69) is 5.32 Å². The van der Waals surface area contributed by atoms with Crippen LogP contribution in [0.5, 0.6) is 0 Å². The Morgan fingerprint density at radius 3 is 2.61 bits per heavy atom. The van der Waals surface area contributed by atoms with Crippen molar-refractivity contribution in [2.24, 2.45) is 11.7 Å². The highest BCUT2D eigenvalue weighted by atomic mass is 16.2. The smallest absolute Gasteiger partial charge is 0.241 e. The molecular weight excluding hydrogens is 224 g/mol. The minimum Gasteiger partial charge on any atom is -0.324 e. The Balaban J connectivity index is 1.97. The van der Waals surface area contributed by atoms with Crippen molar-refractivity contribution < 1.29 is 4.79 Å². The number of amides is 1. The van der Waals surface area contributed by atoms with Gasteiger partial charge in [-0.1, -0.05) is 37.5 Å². The first kappa shape index (κ1) is 13.1. The third kappa shape index (κ3) is 3.10. The van der Waals surface area contributed by atoms with E-state index in [9.17, 15) is 4.79 Å². The number of hydrogen-bond acceptors (Lipinski definition) is 2. The first-order valence-electron chi connectivity index (χ1n) is 6.80. The molecule has 1 fully saturated rings. The second-order valence-corrected chi connectivity index (χ2v) is 5.23. The first-order chi connectivity index (χ1) is 8.68. The Kier molecular flexibility index (Phi) is 4.37. The number of carbonyl (C=O) groups excluding carboxylic acids is 1. The minimum absolute atomic E-state index is 0.0452. The number of carbonyl (C=O) groups is 1. The average molecular weight is 246 g/mol. The molecule has 1 aromatic rings. The number of nitrogens with two attached hydrogens (primary N) is 1. The molecule has 1 aliphatic carbocycles. The molecule has 0 radical (unpaired) electrons. The van der Waals surface area contributed by atoms with E-state index in [-0.39, 0.29) is 11.9 Å². The zero-order valence-electron chi connectivity index (χ0n) is 11.0. The number of aryl methyl sites for hydroxylation is 1. The van der Waals surface area contributed by atoms with Crippen molar-refractivity contribution in [3.05, 3.63) is 29.8 Å². The lowest BCUT2D eigenvalue weighted by molar-refractivity contribution is -0.118. The van der Waals surface area contributed by atoms with Gasteiger partial charge in [0.2, 0.25) is 5.91 Å². The van der Waals surface area contributed by atoms with Gasteiger partial charge in [0.05, 0.1) is 6.04 Å². The normalized spacial score (nSPS) is 18.3. The molecular formula is C15H22N2O. The summed E-state index contributed by atoms with van der Waals surface area (Å²) in [5.74, 6) is 0.305. The highest BCUT2D eigenvalue weighted by molar-refractivity contribution is 5.95. The monoisotopic (exact) mass is 246 g/mol. The molecule has 3 heteroatoms. The first-order valence-corrected chi connectivity index (χ1v) is 6.80. The maximum absolute atomic E-state index is 12.1. The summed E-state index contributed by atoms with van der Waals surface area (Å²) < 4.78 is 0. The summed E-state index contributed by atoms with van der Waals surface area (Å²) >= 11 is 0. The molecule has 0 aromatic heterocycles. The van der Waals surface area contributed by atoms with Crippen LogP contribution in [-0.4, -0.2) is 11.9 Å². The van der Waals surface area contributed by atoms with Crippen molar-refractivity contribution in [1.29, 1.82) is 0 Å². The molecule has 1 aliphatic rings. The fourth-order valence-electron chi connectivity index (χ4n) is 2.64. The zero-order valence-corrected chi connectivity index (χ0v) is 11.0. The molecule has 1 amide bonds. The van der Waals surface area contributed by atoms with Crippen LogP contribution in [0.15, 0.2) is 24.3 Å². The quantitative estimate of drug-likeness (QED) is 0.861. The summed E-state index contributed by atoms with van der Waals surface area (Å²) in [6.45, 7) is 1.99. The lowest BCUT2D eigenvalue weighted by Crippen LogP contribution is -2.42. The maximum Gasteiger partial charge on any atom is 0.241 e. The molecule has 0 heterocycles. The summed E-state index contributed by atoms with van der Waals surface area (Å²) in [6, 6.07) is 7.42. The van der Waals surface area contributed by atoms with E-state index in [1.165, 1.54) is 19.3 Å². The molecule has 0 spiro atoms. The second-order valence-electron chi connectivity index (χ2n) is 5.23. The van der Waals surface area contributed by atoms with Crippen LogP contribution < -0.4 is 11.1 Å². The summed E-state index contributed by atoms with van der Waals surface area (Å²) in [5, 5.41) is 2.94. The van der Waals surface area contributed by atoms with Crippen molar-refractivity contribution in [3.63, 3.8) is 0 Å². The van der Waals surface area contributed by atoms with Crippen molar-refractivity contribution in [1.82, 2.24) is 0 Å². The summed E-state index contributed by atoms with van der Waals surface area (Å²) in [7, 11) is 0. The topological polar surface area (TPSA) is 55.1 Å². The van der Waals surface area contributed by atoms with Crippen molar-refractivity contribution in [3.8, 4) is 0 Å². The minimum atomic E-state index is -0.370. The van der Waals surface area contributed by atoms with E-state index >= 15 is 0 Å². The van der Waals surface area contributed by atoms with Crippen LogP contribution in [0.1, 0.15) is 37.7 Å². The number of rotatable bonds is 3. The van der Waals surface area contributed by atoms with E-state index in [1.54, 1.807) is 0 Å². The highest BCUT2D eigenvalue weighted by Crippen LogP contribution is 2.26. The second kappa shape index (κ2) is 6.01. The Hall–Kier alpha value is -1.35. The summed E-state index contributed by atoms with van der Waals surface area (Å²) in [4.78, 5) is 12.1. The molecule has 1 aromatic carbocycles. The molecule has 98 valence electrons. The zero-order chi connectivity index (χ0) is 13.0. The SMILES string of the molecule is Cc1ccccc1NC(=O)[C@H](N)C1CCCCC1. The molecule has 3 nitrogen and oxygen atoms in total. The predicted molar refractivity (Wildman–Crippen MR) is 74.4 cm³/mol.